The van der Waals surface area contributed by atoms with Crippen molar-refractivity contribution in [2.75, 3.05) is 0 Å². The highest BCUT2D eigenvalue weighted by atomic mass is 79.9. The fourth-order valence-corrected chi connectivity index (χ4v) is 1.50. The molecule has 0 radical (unpaired) electrons. The molecule has 0 amide bonds. The summed E-state index contributed by atoms with van der Waals surface area (Å²) in [5.41, 5.74) is 6.76. The van der Waals surface area contributed by atoms with Crippen LogP contribution in [0.25, 0.3) is 0 Å². The van der Waals surface area contributed by atoms with Crippen LogP contribution in [0.1, 0.15) is 11.1 Å². The monoisotopic (exact) mass is 244 g/mol. The average Bonchev–Trinajstić information content (AvgIpc) is 2.09. The number of halogens is 2. The first kappa shape index (κ1) is 9.53. The lowest BCUT2D eigenvalue weighted by Crippen LogP contribution is -1.97. The first-order valence-electron chi connectivity index (χ1n) is 3.27. The highest BCUT2D eigenvalue weighted by Crippen LogP contribution is 2.27. The number of nitrogens with zero attached hydrogens (tertiary/aromatic N) is 1. The number of rotatable bonds is 1. The normalized spacial score (nSPS) is 9.50. The lowest BCUT2D eigenvalue weighted by atomic mass is 10.1. The zero-order chi connectivity index (χ0) is 9.14. The van der Waals surface area contributed by atoms with Crippen molar-refractivity contribution in [3.05, 3.63) is 32.8 Å². The van der Waals surface area contributed by atoms with Crippen LogP contribution >= 0.6 is 27.5 Å². The van der Waals surface area contributed by atoms with Gasteiger partial charge in [0.1, 0.15) is 6.07 Å². The zero-order valence-electron chi connectivity index (χ0n) is 6.14. The second kappa shape index (κ2) is 3.90. The molecular weight excluding hydrogens is 239 g/mol. The Morgan fingerprint density at radius 1 is 1.58 bits per heavy atom. The molecule has 2 nitrogen and oxygen atoms in total. The molecule has 2 N–H and O–H groups in total. The van der Waals surface area contributed by atoms with Crippen molar-refractivity contribution in [2.45, 2.75) is 6.54 Å². The van der Waals surface area contributed by atoms with Gasteiger partial charge in [-0.1, -0.05) is 11.6 Å². The molecule has 12 heavy (non-hydrogen) atoms. The maximum Gasteiger partial charge on any atom is 0.101 e. The van der Waals surface area contributed by atoms with Crippen LogP contribution in [0.15, 0.2) is 16.6 Å². The smallest absolute Gasteiger partial charge is 0.101 e. The Balaban J connectivity index is 3.31. The van der Waals surface area contributed by atoms with Gasteiger partial charge < -0.3 is 5.73 Å². The molecule has 4 heteroatoms. The summed E-state index contributed by atoms with van der Waals surface area (Å²) in [6.45, 7) is 0.407. The van der Waals surface area contributed by atoms with Crippen molar-refractivity contribution in [3.8, 4) is 6.07 Å². The molecule has 62 valence electrons. The van der Waals surface area contributed by atoms with Crippen LogP contribution in [-0.4, -0.2) is 0 Å². The topological polar surface area (TPSA) is 49.8 Å². The van der Waals surface area contributed by atoms with E-state index in [4.69, 9.17) is 22.6 Å². The van der Waals surface area contributed by atoms with Crippen LogP contribution < -0.4 is 5.73 Å². The lowest BCUT2D eigenvalue weighted by molar-refractivity contribution is 1.07. The predicted molar refractivity (Wildman–Crippen MR) is 51.8 cm³/mol. The SMILES string of the molecule is N#Cc1cc(CN)cc(Br)c1Cl. The van der Waals surface area contributed by atoms with Gasteiger partial charge in [0.05, 0.1) is 10.6 Å². The molecule has 1 rings (SSSR count). The molecule has 0 spiro atoms. The Kier molecular flexibility index (Phi) is 3.10. The van der Waals surface area contributed by atoms with Crippen molar-refractivity contribution >= 4 is 27.5 Å². The van der Waals surface area contributed by atoms with Gasteiger partial charge in [-0.25, -0.2) is 0 Å². The van der Waals surface area contributed by atoms with Crippen LogP contribution in [0.3, 0.4) is 0 Å². The van der Waals surface area contributed by atoms with Gasteiger partial charge in [-0.05, 0) is 33.6 Å². The van der Waals surface area contributed by atoms with Crippen molar-refractivity contribution in [3.63, 3.8) is 0 Å². The van der Waals surface area contributed by atoms with Crippen LogP contribution in [0, 0.1) is 11.3 Å². The Hall–Kier alpha value is -0.560. The van der Waals surface area contributed by atoms with E-state index in [0.717, 1.165) is 5.56 Å². The molecule has 0 fully saturated rings. The van der Waals surface area contributed by atoms with Crippen molar-refractivity contribution < 1.29 is 0 Å². The third-order valence-corrected chi connectivity index (χ3v) is 2.71. The highest BCUT2D eigenvalue weighted by Gasteiger charge is 2.05. The molecule has 0 saturated heterocycles. The van der Waals surface area contributed by atoms with E-state index < -0.39 is 0 Å². The van der Waals surface area contributed by atoms with Gasteiger partial charge in [0.15, 0.2) is 0 Å². The van der Waals surface area contributed by atoms with Gasteiger partial charge >= 0.3 is 0 Å². The van der Waals surface area contributed by atoms with Crippen molar-refractivity contribution in [1.29, 1.82) is 5.26 Å². The summed E-state index contributed by atoms with van der Waals surface area (Å²) in [5.74, 6) is 0. The molecule has 0 bridgehead atoms. The second-order valence-electron chi connectivity index (χ2n) is 2.26. The number of nitrogens with two attached hydrogens (primary N) is 1. The van der Waals surface area contributed by atoms with Crippen molar-refractivity contribution in [1.82, 2.24) is 0 Å². The van der Waals surface area contributed by atoms with E-state index in [9.17, 15) is 0 Å². The number of hydrogen-bond donors (Lipinski definition) is 1. The van der Waals surface area contributed by atoms with Gasteiger partial charge in [0, 0.05) is 11.0 Å². The van der Waals surface area contributed by atoms with E-state index in [1.54, 1.807) is 6.07 Å². The summed E-state index contributed by atoms with van der Waals surface area (Å²) < 4.78 is 0.712. The Bertz CT molecular complexity index is 344. The molecule has 0 aliphatic carbocycles. The summed E-state index contributed by atoms with van der Waals surface area (Å²) in [6, 6.07) is 5.49. The molecule has 1 aromatic carbocycles. The third kappa shape index (κ3) is 1.78. The van der Waals surface area contributed by atoms with Crippen LogP contribution in [0.4, 0.5) is 0 Å². The summed E-state index contributed by atoms with van der Waals surface area (Å²) in [5, 5.41) is 9.11. The third-order valence-electron chi connectivity index (χ3n) is 1.44. The summed E-state index contributed by atoms with van der Waals surface area (Å²) >= 11 is 9.05. The number of benzene rings is 1. The quantitative estimate of drug-likeness (QED) is 0.826. The fourth-order valence-electron chi connectivity index (χ4n) is 0.844. The maximum atomic E-state index is 8.67. The van der Waals surface area contributed by atoms with E-state index in [2.05, 4.69) is 15.9 Å². The van der Waals surface area contributed by atoms with Crippen LogP contribution in [0.5, 0.6) is 0 Å². The van der Waals surface area contributed by atoms with E-state index in [-0.39, 0.29) is 0 Å². The van der Waals surface area contributed by atoms with Gasteiger partial charge in [-0.2, -0.15) is 5.26 Å². The van der Waals surface area contributed by atoms with Gasteiger partial charge in [0.25, 0.3) is 0 Å². The molecule has 0 aliphatic heterocycles. The molecule has 0 aliphatic rings. The molecule has 0 heterocycles. The molecule has 0 unspecified atom stereocenters. The first-order valence-corrected chi connectivity index (χ1v) is 4.44. The van der Waals surface area contributed by atoms with Crippen LogP contribution in [-0.2, 0) is 6.54 Å². The Labute approximate surface area is 84.1 Å². The van der Waals surface area contributed by atoms with Crippen molar-refractivity contribution in [2.24, 2.45) is 5.73 Å². The Morgan fingerprint density at radius 3 is 2.75 bits per heavy atom. The van der Waals surface area contributed by atoms with Gasteiger partial charge in [0.2, 0.25) is 0 Å². The molecule has 0 atom stereocenters. The van der Waals surface area contributed by atoms with E-state index >= 15 is 0 Å². The summed E-state index contributed by atoms with van der Waals surface area (Å²) in [6.07, 6.45) is 0. The van der Waals surface area contributed by atoms with E-state index in [0.29, 0.717) is 21.6 Å². The number of nitriles is 1. The fraction of sp³-hybridized carbons (Fsp3) is 0.125. The highest BCUT2D eigenvalue weighted by molar-refractivity contribution is 9.10. The predicted octanol–water partition coefficient (Wildman–Crippen LogP) is 2.43. The minimum Gasteiger partial charge on any atom is -0.326 e. The largest absolute Gasteiger partial charge is 0.326 e. The molecule has 1 aromatic rings. The maximum absolute atomic E-state index is 8.67. The van der Waals surface area contributed by atoms with Gasteiger partial charge in [-0.3, -0.25) is 0 Å². The standard InChI is InChI=1S/C8H6BrClN2/c9-7-2-5(3-11)1-6(4-12)8(7)10/h1-2H,3,11H2. The molecule has 0 aromatic heterocycles. The minimum atomic E-state index is 0.407. The second-order valence-corrected chi connectivity index (χ2v) is 3.49. The first-order chi connectivity index (χ1) is 5.69. The minimum absolute atomic E-state index is 0.407. The lowest BCUT2D eigenvalue weighted by Gasteiger charge is -2.01. The number of hydrogen-bond acceptors (Lipinski definition) is 2. The van der Waals surface area contributed by atoms with E-state index in [1.165, 1.54) is 0 Å². The van der Waals surface area contributed by atoms with Gasteiger partial charge in [-0.15, -0.1) is 0 Å². The van der Waals surface area contributed by atoms with Crippen LogP contribution in [0.2, 0.25) is 5.02 Å². The summed E-state index contributed by atoms with van der Waals surface area (Å²) in [4.78, 5) is 0. The molecule has 0 saturated carbocycles. The van der Waals surface area contributed by atoms with E-state index in [1.807, 2.05) is 12.1 Å². The zero-order valence-corrected chi connectivity index (χ0v) is 8.48. The average molecular weight is 246 g/mol. The molecular formula is C8H6BrClN2. The summed E-state index contributed by atoms with van der Waals surface area (Å²) in [7, 11) is 0. The Morgan fingerprint density at radius 2 is 2.25 bits per heavy atom.